The Morgan fingerprint density at radius 1 is 1.38 bits per heavy atom. The Morgan fingerprint density at radius 3 is 2.90 bits per heavy atom. The van der Waals surface area contributed by atoms with E-state index in [9.17, 15) is 0 Å². The maximum absolute atomic E-state index is 6.04. The topological polar surface area (TPSA) is 28.4 Å². The Bertz CT molecular complexity index is 557. The van der Waals surface area contributed by atoms with Crippen LogP contribution in [0.15, 0.2) is 28.0 Å². The van der Waals surface area contributed by atoms with E-state index in [0.717, 1.165) is 43.7 Å². The molecule has 4 heteroatoms. The van der Waals surface area contributed by atoms with Crippen LogP contribution in [0.2, 0.25) is 0 Å². The molecule has 114 valence electrons. The van der Waals surface area contributed by atoms with Gasteiger partial charge in [-0.2, -0.15) is 0 Å². The van der Waals surface area contributed by atoms with Crippen LogP contribution >= 0.6 is 11.3 Å². The molecule has 0 aromatic carbocycles. The lowest BCUT2D eigenvalue weighted by atomic mass is 10.2. The highest BCUT2D eigenvalue weighted by Crippen LogP contribution is 2.31. The predicted molar refractivity (Wildman–Crippen MR) is 87.4 cm³/mol. The monoisotopic (exact) mass is 304 g/mol. The Morgan fingerprint density at radius 2 is 2.24 bits per heavy atom. The summed E-state index contributed by atoms with van der Waals surface area (Å²) in [6, 6.07) is 7.31. The van der Waals surface area contributed by atoms with Gasteiger partial charge in [0.15, 0.2) is 0 Å². The molecule has 2 aromatic heterocycles. The van der Waals surface area contributed by atoms with E-state index >= 15 is 0 Å². The van der Waals surface area contributed by atoms with Gasteiger partial charge in [0.25, 0.3) is 0 Å². The third-order valence-electron chi connectivity index (χ3n) is 3.97. The minimum Gasteiger partial charge on any atom is -0.463 e. The Labute approximate surface area is 131 Å². The highest BCUT2D eigenvalue weighted by Gasteiger charge is 2.30. The molecule has 2 heterocycles. The van der Waals surface area contributed by atoms with Gasteiger partial charge >= 0.3 is 0 Å². The van der Waals surface area contributed by atoms with Gasteiger partial charge in [-0.05, 0) is 49.4 Å². The van der Waals surface area contributed by atoms with Gasteiger partial charge in [0, 0.05) is 17.5 Å². The van der Waals surface area contributed by atoms with Crippen molar-refractivity contribution in [1.82, 2.24) is 10.2 Å². The van der Waals surface area contributed by atoms with Crippen molar-refractivity contribution in [3.05, 3.63) is 45.5 Å². The fourth-order valence-electron chi connectivity index (χ4n) is 2.64. The highest BCUT2D eigenvalue weighted by atomic mass is 32.1. The van der Waals surface area contributed by atoms with Gasteiger partial charge in [0.1, 0.15) is 11.5 Å². The van der Waals surface area contributed by atoms with E-state index in [4.69, 9.17) is 4.42 Å². The number of furan rings is 1. The van der Waals surface area contributed by atoms with Gasteiger partial charge in [-0.25, -0.2) is 0 Å². The fraction of sp³-hybridized carbons (Fsp3) is 0.529. The lowest BCUT2D eigenvalue weighted by Gasteiger charge is -2.19. The molecule has 0 bridgehead atoms. The van der Waals surface area contributed by atoms with Crippen molar-refractivity contribution in [2.24, 2.45) is 0 Å². The zero-order valence-electron chi connectivity index (χ0n) is 12.9. The predicted octanol–water partition coefficient (Wildman–Crippen LogP) is 3.92. The molecule has 0 amide bonds. The third-order valence-corrected chi connectivity index (χ3v) is 4.83. The highest BCUT2D eigenvalue weighted by molar-refractivity contribution is 7.09. The number of hydrogen-bond acceptors (Lipinski definition) is 4. The minimum absolute atomic E-state index is 0.745. The third kappa shape index (κ3) is 3.96. The summed E-state index contributed by atoms with van der Waals surface area (Å²) in [5.41, 5.74) is 1.26. The summed E-state index contributed by atoms with van der Waals surface area (Å²) < 4.78 is 6.04. The van der Waals surface area contributed by atoms with E-state index < -0.39 is 0 Å². The molecule has 0 saturated heterocycles. The van der Waals surface area contributed by atoms with E-state index in [1.807, 2.05) is 11.3 Å². The van der Waals surface area contributed by atoms with Crippen LogP contribution in [-0.2, 0) is 19.6 Å². The lowest BCUT2D eigenvalue weighted by molar-refractivity contribution is 0.224. The van der Waals surface area contributed by atoms with Crippen molar-refractivity contribution >= 4 is 11.3 Å². The zero-order chi connectivity index (χ0) is 14.7. The first-order valence-electron chi connectivity index (χ1n) is 7.81. The number of hydrogen-bond donors (Lipinski definition) is 1. The summed E-state index contributed by atoms with van der Waals surface area (Å²) in [7, 11) is 0. The molecule has 1 fully saturated rings. The number of aryl methyl sites for hydroxylation is 1. The van der Waals surface area contributed by atoms with Gasteiger partial charge in [-0.15, -0.1) is 11.3 Å². The molecule has 3 nitrogen and oxygen atoms in total. The zero-order valence-corrected chi connectivity index (χ0v) is 13.7. The molecule has 1 aliphatic carbocycles. The van der Waals surface area contributed by atoms with Crippen LogP contribution in [-0.4, -0.2) is 17.5 Å². The largest absolute Gasteiger partial charge is 0.463 e. The molecule has 1 aliphatic rings. The lowest BCUT2D eigenvalue weighted by Crippen LogP contribution is -2.24. The Hall–Kier alpha value is -1.10. The second kappa shape index (κ2) is 6.77. The van der Waals surface area contributed by atoms with Crippen molar-refractivity contribution < 1.29 is 4.42 Å². The van der Waals surface area contributed by atoms with E-state index in [2.05, 4.69) is 47.6 Å². The minimum atomic E-state index is 0.745. The quantitative estimate of drug-likeness (QED) is 0.801. The van der Waals surface area contributed by atoms with Crippen LogP contribution < -0.4 is 5.32 Å². The second-order valence-electron chi connectivity index (χ2n) is 5.81. The van der Waals surface area contributed by atoms with E-state index in [1.165, 1.54) is 23.3 Å². The summed E-state index contributed by atoms with van der Waals surface area (Å²) in [4.78, 5) is 4.00. The summed E-state index contributed by atoms with van der Waals surface area (Å²) in [5, 5.41) is 5.50. The SMILES string of the molecule is CCNCc1oc(CN(Cc2cccs2)C2CC2)cc1C. The standard InChI is InChI=1S/C17H24N2OS/c1-3-18-10-17-13(2)9-15(20-17)11-19(14-6-7-14)12-16-5-4-8-21-16/h4-5,8-9,14,18H,3,6-7,10-12H2,1-2H3. The summed E-state index contributed by atoms with van der Waals surface area (Å²) in [5.74, 6) is 2.18. The molecule has 0 unspecified atom stereocenters. The van der Waals surface area contributed by atoms with E-state index in [-0.39, 0.29) is 0 Å². The molecule has 2 aromatic rings. The first-order valence-corrected chi connectivity index (χ1v) is 8.69. The molecule has 21 heavy (non-hydrogen) atoms. The number of thiophene rings is 1. The maximum Gasteiger partial charge on any atom is 0.120 e. The van der Waals surface area contributed by atoms with Gasteiger partial charge in [-0.3, -0.25) is 4.90 Å². The average molecular weight is 304 g/mol. The number of nitrogens with one attached hydrogen (secondary N) is 1. The molecule has 0 spiro atoms. The summed E-state index contributed by atoms with van der Waals surface area (Å²) in [6.45, 7) is 8.04. The second-order valence-corrected chi connectivity index (χ2v) is 6.85. The smallest absolute Gasteiger partial charge is 0.120 e. The van der Waals surface area contributed by atoms with Crippen molar-refractivity contribution in [2.45, 2.75) is 52.4 Å². The van der Waals surface area contributed by atoms with E-state index in [0.29, 0.717) is 0 Å². The summed E-state index contributed by atoms with van der Waals surface area (Å²) in [6.07, 6.45) is 2.66. The molecule has 0 aliphatic heterocycles. The van der Waals surface area contributed by atoms with E-state index in [1.54, 1.807) is 0 Å². The van der Waals surface area contributed by atoms with Crippen molar-refractivity contribution in [2.75, 3.05) is 6.54 Å². The van der Waals surface area contributed by atoms with Gasteiger partial charge in [0.05, 0.1) is 13.1 Å². The Kier molecular flexibility index (Phi) is 4.78. The fourth-order valence-corrected chi connectivity index (χ4v) is 3.37. The van der Waals surface area contributed by atoms with Gasteiger partial charge in [-0.1, -0.05) is 13.0 Å². The molecule has 0 radical (unpaired) electrons. The Balaban J connectivity index is 1.65. The molecule has 1 N–H and O–H groups in total. The van der Waals surface area contributed by atoms with Crippen LogP contribution in [0.4, 0.5) is 0 Å². The van der Waals surface area contributed by atoms with Crippen LogP contribution in [0.3, 0.4) is 0 Å². The van der Waals surface area contributed by atoms with Crippen LogP contribution in [0.25, 0.3) is 0 Å². The first-order chi connectivity index (χ1) is 10.3. The molecule has 0 atom stereocenters. The van der Waals surface area contributed by atoms with Crippen LogP contribution in [0.1, 0.15) is 41.7 Å². The maximum atomic E-state index is 6.04. The van der Waals surface area contributed by atoms with Crippen LogP contribution in [0, 0.1) is 6.92 Å². The normalized spacial score (nSPS) is 15.0. The molecule has 3 rings (SSSR count). The molecular weight excluding hydrogens is 280 g/mol. The molecule has 1 saturated carbocycles. The van der Waals surface area contributed by atoms with Crippen LogP contribution in [0.5, 0.6) is 0 Å². The summed E-state index contributed by atoms with van der Waals surface area (Å²) >= 11 is 1.84. The van der Waals surface area contributed by atoms with Crippen molar-refractivity contribution in [3.8, 4) is 0 Å². The molecular formula is C17H24N2OS. The average Bonchev–Trinajstić information content (AvgIpc) is 3.09. The first kappa shape index (κ1) is 14.8. The van der Waals surface area contributed by atoms with Crippen molar-refractivity contribution in [3.63, 3.8) is 0 Å². The van der Waals surface area contributed by atoms with Gasteiger partial charge < -0.3 is 9.73 Å². The number of rotatable bonds is 8. The van der Waals surface area contributed by atoms with Gasteiger partial charge in [0.2, 0.25) is 0 Å². The van der Waals surface area contributed by atoms with Crippen molar-refractivity contribution in [1.29, 1.82) is 0 Å². The number of nitrogens with zero attached hydrogens (tertiary/aromatic N) is 1.